The third-order valence-corrected chi connectivity index (χ3v) is 4.80. The maximum Gasteiger partial charge on any atom is 0.257 e. The molecule has 1 aromatic heterocycles. The third kappa shape index (κ3) is 3.55. The van der Waals surface area contributed by atoms with Gasteiger partial charge in [0.15, 0.2) is 12.2 Å². The average Bonchev–Trinajstić information content (AvgIpc) is 3.20. The lowest BCUT2D eigenvalue weighted by Crippen LogP contribution is -3.00. The number of nitrogens with zero attached hydrogens (tertiary/aromatic N) is 2. The summed E-state index contributed by atoms with van der Waals surface area (Å²) >= 11 is 6.00. The van der Waals surface area contributed by atoms with E-state index in [1.54, 1.807) is 0 Å². The lowest BCUT2D eigenvalue weighted by Gasteiger charge is -1.99. The normalized spacial score (nSPS) is 12.5. The van der Waals surface area contributed by atoms with Gasteiger partial charge in [-0.15, -0.1) is 0 Å². The first-order valence-electron chi connectivity index (χ1n) is 8.18. The minimum Gasteiger partial charge on any atom is -1.00 e. The van der Waals surface area contributed by atoms with E-state index >= 15 is 0 Å². The molecule has 0 unspecified atom stereocenters. The van der Waals surface area contributed by atoms with Crippen LogP contribution < -0.4 is 21.5 Å². The second-order valence-electron chi connectivity index (χ2n) is 6.11. The van der Waals surface area contributed by atoms with Gasteiger partial charge in [-0.2, -0.15) is 0 Å². The molecular weight excluding hydrogens is 400 g/mol. The molecule has 0 amide bonds. The van der Waals surface area contributed by atoms with Crippen molar-refractivity contribution >= 4 is 17.4 Å². The Morgan fingerprint density at radius 3 is 2.52 bits per heavy atom. The summed E-state index contributed by atoms with van der Waals surface area (Å²) in [7, 11) is 0. The van der Waals surface area contributed by atoms with Crippen molar-refractivity contribution in [1.29, 1.82) is 0 Å². The van der Waals surface area contributed by atoms with Gasteiger partial charge in [0.05, 0.1) is 13.0 Å². The maximum atomic E-state index is 12.6. The van der Waals surface area contributed by atoms with Crippen LogP contribution in [0.1, 0.15) is 22.6 Å². The monoisotopic (exact) mass is 416 g/mol. The highest BCUT2D eigenvalue weighted by atomic mass is 79.9. The minimum absolute atomic E-state index is 0. The summed E-state index contributed by atoms with van der Waals surface area (Å²) in [6.07, 6.45) is 4.23. The molecule has 0 atom stereocenters. The summed E-state index contributed by atoms with van der Waals surface area (Å²) in [6, 6.07) is 17.4. The topological polar surface area (TPSA) is 25.9 Å². The van der Waals surface area contributed by atoms with Gasteiger partial charge in [0.25, 0.3) is 5.82 Å². The van der Waals surface area contributed by atoms with Gasteiger partial charge in [-0.05, 0) is 30.7 Å². The molecule has 3 nitrogen and oxygen atoms in total. The van der Waals surface area contributed by atoms with Crippen LogP contribution in [0.4, 0.5) is 0 Å². The molecular formula is C20H18BrClN2O. The molecule has 4 rings (SSSR count). The Kier molecular flexibility index (Phi) is 5.40. The van der Waals surface area contributed by atoms with E-state index < -0.39 is 0 Å². The molecule has 128 valence electrons. The zero-order valence-corrected chi connectivity index (χ0v) is 16.0. The molecule has 5 heteroatoms. The fourth-order valence-electron chi connectivity index (χ4n) is 3.37. The molecule has 25 heavy (non-hydrogen) atoms. The molecule has 0 spiro atoms. The standard InChI is InChI=1S/C20H18ClN2O.BrH/c21-17-10-8-15(9-11-17)18-13-22(20-7-4-12-23(18)20)14-19(24)16-5-2-1-3-6-16;/h1-3,5-6,8-11,13H,4,7,12,14H2;1H/q+1;/p-1. The number of carbonyl (C=O) groups is 1. The lowest BCUT2D eigenvalue weighted by atomic mass is 10.1. The second kappa shape index (κ2) is 7.54. The zero-order chi connectivity index (χ0) is 16.5. The van der Waals surface area contributed by atoms with Gasteiger partial charge in [-0.25, -0.2) is 9.13 Å². The zero-order valence-electron chi connectivity index (χ0n) is 13.7. The number of carbonyl (C=O) groups excluding carboxylic acids is 1. The second-order valence-corrected chi connectivity index (χ2v) is 6.55. The lowest BCUT2D eigenvalue weighted by molar-refractivity contribution is -0.689. The predicted octanol–water partition coefficient (Wildman–Crippen LogP) is 0.929. The van der Waals surface area contributed by atoms with Crippen LogP contribution in [0.2, 0.25) is 5.02 Å². The molecule has 1 aliphatic rings. The van der Waals surface area contributed by atoms with Crippen molar-refractivity contribution in [3.05, 3.63) is 77.2 Å². The van der Waals surface area contributed by atoms with Gasteiger partial charge in [0.1, 0.15) is 6.20 Å². The highest BCUT2D eigenvalue weighted by Crippen LogP contribution is 2.26. The Morgan fingerprint density at radius 2 is 1.80 bits per heavy atom. The third-order valence-electron chi connectivity index (χ3n) is 4.54. The number of fused-ring (bicyclic) bond motifs is 1. The van der Waals surface area contributed by atoms with E-state index in [9.17, 15) is 4.79 Å². The van der Waals surface area contributed by atoms with Gasteiger partial charge in [-0.3, -0.25) is 4.79 Å². The van der Waals surface area contributed by atoms with Crippen molar-refractivity contribution in [3.63, 3.8) is 0 Å². The predicted molar refractivity (Wildman–Crippen MR) is 94.2 cm³/mol. The van der Waals surface area contributed by atoms with Gasteiger partial charge in [0.2, 0.25) is 5.78 Å². The van der Waals surface area contributed by atoms with E-state index in [1.165, 1.54) is 5.82 Å². The number of Topliss-reactive ketones (excluding diaryl/α,β-unsaturated/α-hetero) is 1. The molecule has 0 saturated carbocycles. The van der Waals surface area contributed by atoms with Crippen LogP contribution in [0, 0.1) is 0 Å². The molecule has 0 fully saturated rings. The SMILES string of the molecule is O=C(C[n+]1cc(-c2ccc(Cl)cc2)n2c1CCC2)c1ccccc1.[Br-]. The minimum atomic E-state index is 0. The van der Waals surface area contributed by atoms with Crippen LogP contribution in [0.3, 0.4) is 0 Å². The van der Waals surface area contributed by atoms with Crippen LogP contribution in [0.25, 0.3) is 11.3 Å². The number of aromatic nitrogens is 2. The highest BCUT2D eigenvalue weighted by molar-refractivity contribution is 6.30. The smallest absolute Gasteiger partial charge is 0.257 e. The van der Waals surface area contributed by atoms with Crippen molar-refractivity contribution < 1.29 is 26.3 Å². The fraction of sp³-hybridized carbons (Fsp3) is 0.200. The quantitative estimate of drug-likeness (QED) is 0.458. The van der Waals surface area contributed by atoms with E-state index in [2.05, 4.69) is 15.3 Å². The number of halogens is 2. The Morgan fingerprint density at radius 1 is 1.08 bits per heavy atom. The van der Waals surface area contributed by atoms with E-state index in [4.69, 9.17) is 11.6 Å². The van der Waals surface area contributed by atoms with Crippen LogP contribution in [-0.4, -0.2) is 10.4 Å². The summed E-state index contributed by atoms with van der Waals surface area (Å²) < 4.78 is 4.42. The Bertz CT molecular complexity index is 888. The van der Waals surface area contributed by atoms with Gasteiger partial charge in [-0.1, -0.05) is 41.9 Å². The van der Waals surface area contributed by atoms with Crippen LogP contribution in [0.5, 0.6) is 0 Å². The van der Waals surface area contributed by atoms with Gasteiger partial charge >= 0.3 is 0 Å². The molecule has 1 aliphatic heterocycles. The number of hydrogen-bond donors (Lipinski definition) is 0. The first-order chi connectivity index (χ1) is 11.7. The molecule has 2 heterocycles. The highest BCUT2D eigenvalue weighted by Gasteiger charge is 2.29. The fourth-order valence-corrected chi connectivity index (χ4v) is 3.49. The number of ketones is 1. The van der Waals surface area contributed by atoms with Crippen molar-refractivity contribution in [3.8, 4) is 11.3 Å². The van der Waals surface area contributed by atoms with Crippen molar-refractivity contribution in [2.45, 2.75) is 25.9 Å². The van der Waals surface area contributed by atoms with Crippen LogP contribution >= 0.6 is 11.6 Å². The molecule has 0 N–H and O–H groups in total. The Labute approximate surface area is 162 Å². The molecule has 0 aliphatic carbocycles. The average molecular weight is 418 g/mol. The van der Waals surface area contributed by atoms with Crippen molar-refractivity contribution in [2.24, 2.45) is 0 Å². The van der Waals surface area contributed by atoms with E-state index in [1.807, 2.05) is 54.6 Å². The first-order valence-corrected chi connectivity index (χ1v) is 8.56. The van der Waals surface area contributed by atoms with Crippen LogP contribution in [-0.2, 0) is 19.5 Å². The number of benzene rings is 2. The van der Waals surface area contributed by atoms with E-state index in [0.29, 0.717) is 6.54 Å². The maximum absolute atomic E-state index is 12.6. The van der Waals surface area contributed by atoms with E-state index in [-0.39, 0.29) is 22.8 Å². The molecule has 0 saturated heterocycles. The molecule has 2 aromatic carbocycles. The van der Waals surface area contributed by atoms with Crippen molar-refractivity contribution in [1.82, 2.24) is 4.57 Å². The van der Waals surface area contributed by atoms with Gasteiger partial charge < -0.3 is 17.0 Å². The number of rotatable bonds is 4. The summed E-state index contributed by atoms with van der Waals surface area (Å²) in [6.45, 7) is 1.38. The van der Waals surface area contributed by atoms with E-state index in [0.717, 1.165) is 41.2 Å². The summed E-state index contributed by atoms with van der Waals surface area (Å²) in [5.41, 5.74) is 3.05. The first kappa shape index (κ1) is 17.9. The summed E-state index contributed by atoms with van der Waals surface area (Å²) in [4.78, 5) is 12.6. The molecule has 0 radical (unpaired) electrons. The molecule has 0 bridgehead atoms. The summed E-state index contributed by atoms with van der Waals surface area (Å²) in [5.74, 6) is 1.37. The Balaban J connectivity index is 0.00000182. The largest absolute Gasteiger partial charge is 1.00 e. The van der Waals surface area contributed by atoms with Crippen molar-refractivity contribution in [2.75, 3.05) is 0 Å². The van der Waals surface area contributed by atoms with Gasteiger partial charge in [0, 0.05) is 16.1 Å². The van der Waals surface area contributed by atoms with Crippen LogP contribution in [0.15, 0.2) is 60.8 Å². The molecule has 3 aromatic rings. The Hall–Kier alpha value is -1.91. The number of hydrogen-bond acceptors (Lipinski definition) is 1. The summed E-state index contributed by atoms with van der Waals surface area (Å²) in [5, 5.41) is 0.735. The number of imidazole rings is 1.